The van der Waals surface area contributed by atoms with E-state index in [-0.39, 0.29) is 114 Å². The lowest BCUT2D eigenvalue weighted by Crippen LogP contribution is -2.31. The Labute approximate surface area is 990 Å². The van der Waals surface area contributed by atoms with Gasteiger partial charge in [-0.15, -0.1) is 205 Å². The molecular weight excluding hydrogens is 3100 g/mol. The highest BCUT2D eigenvalue weighted by atomic mass is 127. The normalized spacial score (nSPS) is 12.5. The molecule has 18 aromatic rings. The van der Waals surface area contributed by atoms with Crippen LogP contribution in [0.4, 0.5) is 0 Å². The first-order valence-electron chi connectivity index (χ1n) is 41.7. The Bertz CT molecular complexity index is 7000. The number of nitrogens with zero attached hydrogens (tertiary/aromatic N) is 9. The van der Waals surface area contributed by atoms with Crippen LogP contribution in [0, 0.1) is 14.8 Å². The summed E-state index contributed by atoms with van der Waals surface area (Å²) in [7, 11) is 75.4. The van der Waals surface area contributed by atoms with E-state index < -0.39 is 14.2 Å². The lowest BCUT2D eigenvalue weighted by atomic mass is 9.74. The van der Waals surface area contributed by atoms with Gasteiger partial charge in [0.15, 0.2) is 16.4 Å². The zero-order valence-corrected chi connectivity index (χ0v) is 130. The van der Waals surface area contributed by atoms with Gasteiger partial charge in [-0.25, -0.2) is 37.2 Å². The first-order valence-corrected chi connectivity index (χ1v) is 116. The van der Waals surface area contributed by atoms with Gasteiger partial charge in [-0.1, -0.05) is 196 Å². The molecule has 27 atom stereocenters. The van der Waals surface area contributed by atoms with Crippen LogP contribution in [0.3, 0.4) is 0 Å². The maximum atomic E-state index is 9.58. The zero-order chi connectivity index (χ0) is 105. The Morgan fingerprint density at radius 3 is 0.890 bits per heavy atom. The molecule has 0 saturated carbocycles. The Kier molecular flexibility index (Phi) is 59.6. The van der Waals surface area contributed by atoms with Crippen molar-refractivity contribution in [2.24, 2.45) is 0 Å². The first kappa shape index (κ1) is 133. The molecule has 754 valence electrons. The summed E-state index contributed by atoms with van der Waals surface area (Å²) in [5.74, 6) is 1.47. The zero-order valence-electron chi connectivity index (χ0n) is 76.0. The largest absolute Gasteiger partial charge is 0.489 e. The number of benzene rings is 12. The molecule has 145 heavy (non-hydrogen) atoms. The minimum absolute atomic E-state index is 0.0372. The standard InChI is InChI=1S/C41H25N3.C14H11BO2.C13H7I2N3.C9H8BNO2.C4HBrI2N2.CH25P21.CH24P21/c1-5-13-33-27(9-1)22-28-10-2-6-14-34(28)39(33)37-24-38(44-41(43-37)31-17-18-32-25-42-20-19-26(32)21-31)40-35-15-7-3-11-29(35)23-30-12-4-8-16-36(30)40;16-15(17)14-12-7-3-1-5-10(12)9-11-6-2-4-8-13(11)14;14-11-6-12(15)18-13(17-11)9-1-2-10-7-16-4-3-8(10)5-9;12-10(13)9-2-1-8-6-11-4-3-7(8)5-9;5-4-8-2(6)1-3(7)9-4;2*2-14-16(5)1(15(3)4,17(19(6)7)20(8)9)18(21(10)11)22(12)13/h1-25H;1-9,16-17H;1-7H;1-6,12-13H;1H;14H,2-13H2;2-13H2/q;;;;;;-1. The number of hydrogen-bond donors (Lipinski definition) is 4. The van der Waals surface area contributed by atoms with Gasteiger partial charge in [0.1, 0.15) is 14.8 Å². The fourth-order valence-corrected chi connectivity index (χ4v) is 343. The van der Waals surface area contributed by atoms with Gasteiger partial charge in [0, 0.05) is 82.3 Å². The van der Waals surface area contributed by atoms with Crippen LogP contribution >= 0.6 is 451 Å². The summed E-state index contributed by atoms with van der Waals surface area (Å²) < 4.78 is 5.49. The number of hydrogen-bond acceptors (Lipinski definition) is 13. The molecule has 18 rings (SSSR count). The lowest BCUT2D eigenvalue weighted by molar-refractivity contribution is 0.425. The van der Waals surface area contributed by atoms with Crippen LogP contribution in [0.15, 0.2) is 297 Å². The minimum atomic E-state index is -1.45. The third-order valence-corrected chi connectivity index (χ3v) is 191. The van der Waals surface area contributed by atoms with Crippen LogP contribution in [0.1, 0.15) is 0 Å². The topological polar surface area (TPSA) is 197 Å². The highest BCUT2D eigenvalue weighted by molar-refractivity contribution is 14.1. The Balaban J connectivity index is 0.000000160. The molecule has 0 fully saturated rings. The molecule has 0 radical (unpaired) electrons. The smallest absolute Gasteiger partial charge is 0.476 e. The molecule has 12 aromatic carbocycles. The van der Waals surface area contributed by atoms with Crippen molar-refractivity contribution in [1.82, 2.24) is 44.9 Å². The molecular formula is C83H101B2BrI4N9O4P42-. The Hall–Kier alpha value is 9.10. The van der Waals surface area contributed by atoms with Gasteiger partial charge < -0.3 is 28.1 Å². The average molecular weight is 3200 g/mol. The molecule has 0 spiro atoms. The maximum absolute atomic E-state index is 9.58. The number of fused-ring (bicyclic) bond motifs is 9. The second-order valence-electron chi connectivity index (χ2n) is 30.5. The van der Waals surface area contributed by atoms with Gasteiger partial charge in [-0.05, 0) is 365 Å². The number of rotatable bonds is 24. The summed E-state index contributed by atoms with van der Waals surface area (Å²) in [6.07, 6.45) is 10.8. The molecule has 27 unspecified atom stereocenters. The molecule has 0 aliphatic heterocycles. The van der Waals surface area contributed by atoms with E-state index in [0.29, 0.717) is 30.2 Å². The van der Waals surface area contributed by atoms with Crippen molar-refractivity contribution in [3.8, 4) is 45.3 Å². The summed E-state index contributed by atoms with van der Waals surface area (Å²) in [4.78, 5) is 40.0. The summed E-state index contributed by atoms with van der Waals surface area (Å²) >= 11 is 11.9. The van der Waals surface area contributed by atoms with Crippen LogP contribution in [-0.4, -0.2) is 87.9 Å². The van der Waals surface area contributed by atoms with E-state index >= 15 is 0 Å². The second-order valence-corrected chi connectivity index (χ2v) is 168. The molecule has 0 bridgehead atoms. The minimum Gasteiger partial charge on any atom is -0.476 e. The van der Waals surface area contributed by atoms with Crippen molar-refractivity contribution in [1.29, 1.82) is 0 Å². The third-order valence-electron chi connectivity index (χ3n) is 21.3. The second kappa shape index (κ2) is 65.2. The predicted molar refractivity (Wildman–Crippen MR) is 814 cm³/mol. The molecule has 4 N–H and O–H groups in total. The van der Waals surface area contributed by atoms with Crippen LogP contribution in [0.2, 0.25) is 0 Å². The van der Waals surface area contributed by atoms with Crippen molar-refractivity contribution in [3.63, 3.8) is 0 Å². The Morgan fingerprint density at radius 1 is 0.303 bits per heavy atom. The van der Waals surface area contributed by atoms with Crippen molar-refractivity contribution < 1.29 is 20.1 Å². The predicted octanol–water partition coefficient (Wildman–Crippen LogP) is 41.2. The van der Waals surface area contributed by atoms with E-state index in [1.54, 1.807) is 30.7 Å². The van der Waals surface area contributed by atoms with Gasteiger partial charge in [0.05, 0.1) is 20.1 Å². The quantitative estimate of drug-likeness (QED) is 0.0111. The van der Waals surface area contributed by atoms with Crippen LogP contribution in [0.5, 0.6) is 0 Å². The van der Waals surface area contributed by atoms with Crippen molar-refractivity contribution >= 4 is 573 Å². The molecule has 62 heteroatoms. The van der Waals surface area contributed by atoms with Gasteiger partial charge in [-0.2, -0.15) is 0 Å². The molecule has 0 amide bonds. The van der Waals surface area contributed by atoms with Gasteiger partial charge >= 0.3 is 14.2 Å². The van der Waals surface area contributed by atoms with Gasteiger partial charge in [-0.3, -0.25) is 23.9 Å². The molecule has 0 saturated heterocycles. The van der Waals surface area contributed by atoms with E-state index in [4.69, 9.17) is 20.0 Å². The molecule has 6 heterocycles. The summed E-state index contributed by atoms with van der Waals surface area (Å²) in [6.45, 7) is -0.604. The van der Waals surface area contributed by atoms with Crippen molar-refractivity contribution in [3.05, 3.63) is 312 Å². The van der Waals surface area contributed by atoms with Crippen molar-refractivity contribution in [2.45, 2.75) is 8.76 Å². The van der Waals surface area contributed by atoms with E-state index in [9.17, 15) is 10.0 Å². The SMILES string of the molecule is Brc1nc(I)cc(I)n1.Ic1cc(I)nc(-c2ccc3cnccc3c2)n1.OB(O)c1c2ccccc2cc2ccccc12.OB(O)c1ccc2cnccc2c1.PPP(P)C(P(P)P)(P(P(P)P)P(P)P)P(P(P)P)P(P)P.P[P-]P(P)C(P(P)P)(P(P(P)P)P(P)P)P(P(P)P)P(P)P.c1ccc2c(-c3cc(-c4c5ccccc5cc5ccccc45)nc(-c4ccc5cnccc5c4)n3)c3ccccc3cc2c1. The first-order chi connectivity index (χ1) is 69.2. The summed E-state index contributed by atoms with van der Waals surface area (Å²) in [6, 6.07) is 86.2. The fourth-order valence-electron chi connectivity index (χ4n) is 15.4. The maximum Gasteiger partial charge on any atom is 0.489 e. The van der Waals surface area contributed by atoms with Crippen LogP contribution < -0.4 is 10.9 Å². The molecule has 0 aliphatic carbocycles. The monoisotopic (exact) mass is 3200 g/mol. The Morgan fingerprint density at radius 2 is 0.593 bits per heavy atom. The number of pyridine rings is 3. The third kappa shape index (κ3) is 35.2. The summed E-state index contributed by atoms with van der Waals surface area (Å²) in [5, 5.41) is 56.7. The van der Waals surface area contributed by atoms with Gasteiger partial charge in [0.25, 0.3) is 0 Å². The fraction of sp³-hybridized carbons (Fsp3) is 0.0241. The van der Waals surface area contributed by atoms with E-state index in [2.05, 4.69) is 501 Å². The van der Waals surface area contributed by atoms with E-state index in [1.165, 1.54) is 51.0 Å². The van der Waals surface area contributed by atoms with Crippen LogP contribution in [0.25, 0.3) is 142 Å². The number of aromatic nitrogens is 9. The summed E-state index contributed by atoms with van der Waals surface area (Å²) in [5.41, 5.74) is 7.15. The molecule has 13 nitrogen and oxygen atoms in total. The van der Waals surface area contributed by atoms with Crippen LogP contribution in [-0.2, 0) is 0 Å². The van der Waals surface area contributed by atoms with E-state index in [0.717, 1.165) is 116 Å². The lowest BCUT2D eigenvalue weighted by Gasteiger charge is -2.61. The van der Waals surface area contributed by atoms with Crippen molar-refractivity contribution in [2.75, 3.05) is 0 Å². The number of halogens is 5. The molecule has 0 aliphatic rings. The van der Waals surface area contributed by atoms with E-state index in [1.807, 2.05) is 116 Å². The highest BCUT2D eigenvalue weighted by Gasteiger charge is 2.57. The molecule has 6 aromatic heterocycles. The van der Waals surface area contributed by atoms with Gasteiger partial charge in [0.2, 0.25) is 0 Å². The highest BCUT2D eigenvalue weighted by Crippen LogP contribution is 3.24. The average Bonchev–Trinajstić information content (AvgIpc) is 0.742.